The van der Waals surface area contributed by atoms with Gasteiger partial charge in [-0.25, -0.2) is 0 Å². The number of piperazine rings is 1. The molecule has 0 aromatic heterocycles. The van der Waals surface area contributed by atoms with Crippen LogP contribution in [-0.4, -0.2) is 56.6 Å². The first-order valence-corrected chi connectivity index (χ1v) is 9.77. The Bertz CT molecular complexity index is 791. The number of carbonyl (C=O) groups excluding carboxylic acids is 1. The SMILES string of the molecule is COc1ccc(C(C)CC(=O)N2CCN(C)C(c3cccc(OC)c3)C2)cc1. The van der Waals surface area contributed by atoms with Gasteiger partial charge in [-0.1, -0.05) is 31.2 Å². The number of hydrogen-bond donors (Lipinski definition) is 0. The van der Waals surface area contributed by atoms with Crippen molar-refractivity contribution >= 4 is 5.91 Å². The van der Waals surface area contributed by atoms with E-state index in [2.05, 4.69) is 31.0 Å². The molecule has 1 aliphatic rings. The van der Waals surface area contributed by atoms with E-state index in [0.29, 0.717) is 13.0 Å². The van der Waals surface area contributed by atoms with Gasteiger partial charge in [0.15, 0.2) is 0 Å². The average molecular weight is 383 g/mol. The standard InChI is InChI=1S/C23H30N2O3/c1-17(18-8-10-20(27-3)11-9-18)14-23(26)25-13-12-24(2)22(16-25)19-6-5-7-21(15-19)28-4/h5-11,15,17,22H,12-14,16H2,1-4H3. The Morgan fingerprint density at radius 2 is 1.79 bits per heavy atom. The number of rotatable bonds is 6. The van der Waals surface area contributed by atoms with Gasteiger partial charge in [-0.05, 0) is 48.4 Å². The lowest BCUT2D eigenvalue weighted by Gasteiger charge is -2.40. The molecule has 5 nitrogen and oxygen atoms in total. The van der Waals surface area contributed by atoms with E-state index in [1.165, 1.54) is 5.56 Å². The molecule has 0 saturated carbocycles. The monoisotopic (exact) mass is 382 g/mol. The lowest BCUT2D eigenvalue weighted by atomic mass is 9.96. The van der Waals surface area contributed by atoms with E-state index in [9.17, 15) is 4.79 Å². The van der Waals surface area contributed by atoms with Gasteiger partial charge in [-0.2, -0.15) is 0 Å². The minimum atomic E-state index is 0.174. The molecule has 1 amide bonds. The van der Waals surface area contributed by atoms with Crippen molar-refractivity contribution < 1.29 is 14.3 Å². The largest absolute Gasteiger partial charge is 0.497 e. The first-order chi connectivity index (χ1) is 13.5. The third-order valence-corrected chi connectivity index (χ3v) is 5.64. The summed E-state index contributed by atoms with van der Waals surface area (Å²) in [6, 6.07) is 16.3. The molecular formula is C23H30N2O3. The molecule has 2 unspecified atom stereocenters. The van der Waals surface area contributed by atoms with E-state index in [-0.39, 0.29) is 17.9 Å². The molecule has 1 fully saturated rings. The third kappa shape index (κ3) is 4.65. The van der Waals surface area contributed by atoms with Crippen molar-refractivity contribution in [3.05, 3.63) is 59.7 Å². The molecule has 1 heterocycles. The van der Waals surface area contributed by atoms with Crippen LogP contribution in [0.3, 0.4) is 0 Å². The summed E-state index contributed by atoms with van der Waals surface area (Å²) in [7, 11) is 5.46. The Morgan fingerprint density at radius 1 is 1.07 bits per heavy atom. The van der Waals surface area contributed by atoms with Gasteiger partial charge in [-0.15, -0.1) is 0 Å². The van der Waals surface area contributed by atoms with E-state index in [1.54, 1.807) is 14.2 Å². The molecule has 0 spiro atoms. The maximum absolute atomic E-state index is 13.0. The summed E-state index contributed by atoms with van der Waals surface area (Å²) in [6.45, 7) is 4.45. The molecule has 0 bridgehead atoms. The van der Waals surface area contributed by atoms with Crippen molar-refractivity contribution in [1.29, 1.82) is 0 Å². The molecule has 2 aromatic rings. The summed E-state index contributed by atoms with van der Waals surface area (Å²) >= 11 is 0. The number of hydrogen-bond acceptors (Lipinski definition) is 4. The maximum Gasteiger partial charge on any atom is 0.223 e. The highest BCUT2D eigenvalue weighted by atomic mass is 16.5. The van der Waals surface area contributed by atoms with Crippen LogP contribution in [0, 0.1) is 0 Å². The molecular weight excluding hydrogens is 352 g/mol. The van der Waals surface area contributed by atoms with Crippen LogP contribution in [0.25, 0.3) is 0 Å². The van der Waals surface area contributed by atoms with E-state index >= 15 is 0 Å². The van der Waals surface area contributed by atoms with Crippen LogP contribution in [0.5, 0.6) is 11.5 Å². The van der Waals surface area contributed by atoms with E-state index in [1.807, 2.05) is 41.3 Å². The zero-order valence-corrected chi connectivity index (χ0v) is 17.2. The van der Waals surface area contributed by atoms with Gasteiger partial charge < -0.3 is 14.4 Å². The molecule has 5 heteroatoms. The molecule has 1 aliphatic heterocycles. The van der Waals surface area contributed by atoms with Gasteiger partial charge in [0, 0.05) is 26.1 Å². The normalized spacial score (nSPS) is 18.6. The summed E-state index contributed by atoms with van der Waals surface area (Å²) in [5.41, 5.74) is 2.34. The van der Waals surface area contributed by atoms with Crippen molar-refractivity contribution in [2.75, 3.05) is 40.9 Å². The number of likely N-dealkylation sites (N-methyl/N-ethyl adjacent to an activating group) is 1. The lowest BCUT2D eigenvalue weighted by Crippen LogP contribution is -2.49. The van der Waals surface area contributed by atoms with Gasteiger partial charge in [0.25, 0.3) is 0 Å². The fraction of sp³-hybridized carbons (Fsp3) is 0.435. The van der Waals surface area contributed by atoms with Crippen LogP contribution < -0.4 is 9.47 Å². The molecule has 2 atom stereocenters. The van der Waals surface area contributed by atoms with Crippen molar-refractivity contribution in [2.24, 2.45) is 0 Å². The molecule has 28 heavy (non-hydrogen) atoms. The van der Waals surface area contributed by atoms with Gasteiger partial charge in [0.2, 0.25) is 5.91 Å². The van der Waals surface area contributed by atoms with Crippen LogP contribution in [0.4, 0.5) is 0 Å². The Balaban J connectivity index is 1.66. The quantitative estimate of drug-likeness (QED) is 0.764. The first-order valence-electron chi connectivity index (χ1n) is 9.77. The van der Waals surface area contributed by atoms with Crippen molar-refractivity contribution in [3.8, 4) is 11.5 Å². The molecule has 0 aliphatic carbocycles. The Morgan fingerprint density at radius 3 is 2.46 bits per heavy atom. The molecule has 1 saturated heterocycles. The number of amides is 1. The van der Waals surface area contributed by atoms with E-state index < -0.39 is 0 Å². The number of methoxy groups -OCH3 is 2. The number of benzene rings is 2. The van der Waals surface area contributed by atoms with Crippen molar-refractivity contribution in [3.63, 3.8) is 0 Å². The first kappa shape index (κ1) is 20.2. The van der Waals surface area contributed by atoms with Crippen LogP contribution >= 0.6 is 0 Å². The second kappa shape index (κ2) is 9.11. The maximum atomic E-state index is 13.0. The number of carbonyl (C=O) groups is 1. The van der Waals surface area contributed by atoms with Gasteiger partial charge in [0.05, 0.1) is 20.3 Å². The number of nitrogens with zero attached hydrogens (tertiary/aromatic N) is 2. The molecule has 0 N–H and O–H groups in total. The highest BCUT2D eigenvalue weighted by molar-refractivity contribution is 5.77. The Labute approximate surface area is 167 Å². The summed E-state index contributed by atoms with van der Waals surface area (Å²) in [6.07, 6.45) is 0.515. The van der Waals surface area contributed by atoms with Crippen LogP contribution in [-0.2, 0) is 4.79 Å². The minimum absolute atomic E-state index is 0.174. The van der Waals surface area contributed by atoms with Crippen molar-refractivity contribution in [1.82, 2.24) is 9.80 Å². The van der Waals surface area contributed by atoms with Crippen LogP contribution in [0.1, 0.15) is 36.4 Å². The second-order valence-corrected chi connectivity index (χ2v) is 7.49. The zero-order chi connectivity index (χ0) is 20.1. The van der Waals surface area contributed by atoms with E-state index in [0.717, 1.165) is 30.2 Å². The molecule has 0 radical (unpaired) electrons. The fourth-order valence-corrected chi connectivity index (χ4v) is 3.75. The minimum Gasteiger partial charge on any atom is -0.497 e. The highest BCUT2D eigenvalue weighted by Crippen LogP contribution is 2.28. The Hall–Kier alpha value is -2.53. The average Bonchev–Trinajstić information content (AvgIpc) is 2.74. The predicted molar refractivity (Wildman–Crippen MR) is 111 cm³/mol. The molecule has 150 valence electrons. The van der Waals surface area contributed by atoms with Crippen LogP contribution in [0.15, 0.2) is 48.5 Å². The lowest BCUT2D eigenvalue weighted by molar-refractivity contribution is -0.134. The van der Waals surface area contributed by atoms with Crippen LogP contribution in [0.2, 0.25) is 0 Å². The van der Waals surface area contributed by atoms with Gasteiger partial charge in [-0.3, -0.25) is 9.69 Å². The summed E-state index contributed by atoms with van der Waals surface area (Å²) in [4.78, 5) is 17.3. The second-order valence-electron chi connectivity index (χ2n) is 7.49. The zero-order valence-electron chi connectivity index (χ0n) is 17.2. The van der Waals surface area contributed by atoms with Gasteiger partial charge >= 0.3 is 0 Å². The van der Waals surface area contributed by atoms with Crippen molar-refractivity contribution in [2.45, 2.75) is 25.3 Å². The topological polar surface area (TPSA) is 42.0 Å². The highest BCUT2D eigenvalue weighted by Gasteiger charge is 2.29. The molecule has 3 rings (SSSR count). The van der Waals surface area contributed by atoms with Gasteiger partial charge in [0.1, 0.15) is 11.5 Å². The van der Waals surface area contributed by atoms with E-state index in [4.69, 9.17) is 9.47 Å². The summed E-state index contributed by atoms with van der Waals surface area (Å²) < 4.78 is 10.6. The molecule has 2 aromatic carbocycles. The summed E-state index contributed by atoms with van der Waals surface area (Å²) in [5.74, 6) is 2.07. The Kier molecular flexibility index (Phi) is 6.57. The fourth-order valence-electron chi connectivity index (χ4n) is 3.75. The summed E-state index contributed by atoms with van der Waals surface area (Å²) in [5, 5.41) is 0. The smallest absolute Gasteiger partial charge is 0.223 e. The third-order valence-electron chi connectivity index (χ3n) is 5.64. The predicted octanol–water partition coefficient (Wildman–Crippen LogP) is 3.71. The number of ether oxygens (including phenoxy) is 2.